The van der Waals surface area contributed by atoms with Crippen LogP contribution in [0.4, 0.5) is 0 Å². The van der Waals surface area contributed by atoms with E-state index in [1.54, 1.807) is 19.3 Å². The van der Waals surface area contributed by atoms with Crippen molar-refractivity contribution in [3.8, 4) is 0 Å². The van der Waals surface area contributed by atoms with Gasteiger partial charge >= 0.3 is 0 Å². The molecule has 0 aliphatic heterocycles. The number of halogens is 1. The number of aliphatic hydroxyl groups is 1. The molecular weight excluding hydrogens is 346 g/mol. The monoisotopic (exact) mass is 361 g/mol. The first-order chi connectivity index (χ1) is 11.4. The number of aromatic nitrogens is 4. The second kappa shape index (κ2) is 6.43. The number of pyridine rings is 1. The topological polar surface area (TPSA) is 101 Å². The first-order valence-electron chi connectivity index (χ1n) is 7.18. The molecule has 0 aliphatic carbocycles. The van der Waals surface area contributed by atoms with Crippen LogP contribution in [0.1, 0.15) is 30.0 Å². The summed E-state index contributed by atoms with van der Waals surface area (Å²) in [4.78, 5) is 17.0. The van der Waals surface area contributed by atoms with Gasteiger partial charge in [0.05, 0.1) is 27.9 Å². The Bertz CT molecular complexity index is 938. The van der Waals surface area contributed by atoms with Crippen LogP contribution in [0, 0.1) is 6.92 Å². The minimum atomic E-state index is -0.710. The van der Waals surface area contributed by atoms with Gasteiger partial charge in [-0.05, 0) is 31.7 Å². The van der Waals surface area contributed by atoms with Gasteiger partial charge in [0.2, 0.25) is 0 Å². The van der Waals surface area contributed by atoms with Crippen molar-refractivity contribution >= 4 is 40.1 Å². The smallest absolute Gasteiger partial charge is 0.194 e. The molecule has 0 spiro atoms. The van der Waals surface area contributed by atoms with E-state index in [4.69, 9.17) is 17.3 Å². The second-order valence-electron chi connectivity index (χ2n) is 5.38. The van der Waals surface area contributed by atoms with Crippen LogP contribution in [-0.4, -0.2) is 25.0 Å². The Morgan fingerprint density at radius 1 is 1.42 bits per heavy atom. The van der Waals surface area contributed by atoms with Crippen molar-refractivity contribution in [1.82, 2.24) is 19.9 Å². The van der Waals surface area contributed by atoms with Crippen molar-refractivity contribution in [2.24, 2.45) is 5.73 Å². The molecule has 0 aliphatic rings. The third-order valence-electron chi connectivity index (χ3n) is 3.49. The van der Waals surface area contributed by atoms with E-state index in [2.05, 4.69) is 26.5 Å². The fraction of sp³-hybridized carbons (Fsp3) is 0.188. The van der Waals surface area contributed by atoms with Crippen LogP contribution >= 0.6 is 23.4 Å². The summed E-state index contributed by atoms with van der Waals surface area (Å²) < 4.78 is 0. The predicted molar refractivity (Wildman–Crippen MR) is 95.9 cm³/mol. The van der Waals surface area contributed by atoms with E-state index in [9.17, 15) is 5.11 Å². The summed E-state index contributed by atoms with van der Waals surface area (Å²) in [6.45, 7) is 7.21. The standard InChI is InChI=1S/C16H16ClN5OS/c1-7(18)10-4-11(6-19-5-10)24-16-20-8(2)12-13(17)14(9(3)23)21-15(12)22-16/h4-6,9,23H,1,18H2,2-3H3,(H,20,21,22). The van der Waals surface area contributed by atoms with Gasteiger partial charge in [0.25, 0.3) is 0 Å². The van der Waals surface area contributed by atoms with E-state index in [1.807, 2.05) is 13.0 Å². The van der Waals surface area contributed by atoms with Gasteiger partial charge in [-0.25, -0.2) is 9.97 Å². The van der Waals surface area contributed by atoms with E-state index >= 15 is 0 Å². The molecule has 0 saturated carbocycles. The number of hydrogen-bond acceptors (Lipinski definition) is 6. The number of aliphatic hydroxyl groups excluding tert-OH is 1. The number of aryl methyl sites for hydroxylation is 1. The van der Waals surface area contributed by atoms with Gasteiger partial charge < -0.3 is 15.8 Å². The Morgan fingerprint density at radius 3 is 2.83 bits per heavy atom. The van der Waals surface area contributed by atoms with E-state index in [0.717, 1.165) is 21.5 Å². The molecule has 1 atom stereocenters. The summed E-state index contributed by atoms with van der Waals surface area (Å²) in [5.41, 5.74) is 8.79. The van der Waals surface area contributed by atoms with Crippen LogP contribution in [0.3, 0.4) is 0 Å². The third kappa shape index (κ3) is 3.10. The van der Waals surface area contributed by atoms with E-state index in [1.165, 1.54) is 11.8 Å². The number of aromatic amines is 1. The molecule has 0 radical (unpaired) electrons. The van der Waals surface area contributed by atoms with Crippen molar-refractivity contribution in [3.63, 3.8) is 0 Å². The molecule has 0 saturated heterocycles. The minimum Gasteiger partial charge on any atom is -0.399 e. The lowest BCUT2D eigenvalue weighted by Crippen LogP contribution is -1.95. The largest absolute Gasteiger partial charge is 0.399 e. The highest BCUT2D eigenvalue weighted by atomic mass is 35.5. The molecule has 3 rings (SSSR count). The molecule has 0 amide bonds. The molecule has 0 aromatic carbocycles. The van der Waals surface area contributed by atoms with Gasteiger partial charge in [0.15, 0.2) is 5.16 Å². The van der Waals surface area contributed by atoms with Crippen molar-refractivity contribution < 1.29 is 5.11 Å². The zero-order chi connectivity index (χ0) is 17.4. The molecule has 0 bridgehead atoms. The maximum atomic E-state index is 9.79. The number of fused-ring (bicyclic) bond motifs is 1. The van der Waals surface area contributed by atoms with Crippen molar-refractivity contribution in [3.05, 3.63) is 47.0 Å². The summed E-state index contributed by atoms with van der Waals surface area (Å²) in [7, 11) is 0. The normalized spacial score (nSPS) is 12.5. The SMILES string of the molecule is C=C(N)c1cncc(Sc2nc(C)c3c(Cl)c(C(C)O)[nH]c3n2)c1. The Morgan fingerprint density at radius 2 is 2.17 bits per heavy atom. The summed E-state index contributed by atoms with van der Waals surface area (Å²) in [5, 5.41) is 11.5. The summed E-state index contributed by atoms with van der Waals surface area (Å²) in [5.74, 6) is 0. The Kier molecular flexibility index (Phi) is 4.49. The van der Waals surface area contributed by atoms with Crippen molar-refractivity contribution in [2.45, 2.75) is 30.0 Å². The summed E-state index contributed by atoms with van der Waals surface area (Å²) >= 11 is 7.68. The number of H-pyrrole nitrogens is 1. The molecule has 4 N–H and O–H groups in total. The average Bonchev–Trinajstić information content (AvgIpc) is 2.85. The van der Waals surface area contributed by atoms with Crippen LogP contribution in [0.25, 0.3) is 16.7 Å². The molecule has 3 aromatic heterocycles. The predicted octanol–water partition coefficient (Wildman–Crippen LogP) is 3.45. The number of rotatable bonds is 4. The quantitative estimate of drug-likeness (QED) is 0.615. The van der Waals surface area contributed by atoms with Gasteiger partial charge in [-0.2, -0.15) is 0 Å². The van der Waals surface area contributed by atoms with Crippen LogP contribution in [0.5, 0.6) is 0 Å². The molecule has 124 valence electrons. The molecule has 0 fully saturated rings. The zero-order valence-electron chi connectivity index (χ0n) is 13.2. The van der Waals surface area contributed by atoms with E-state index in [0.29, 0.717) is 27.2 Å². The van der Waals surface area contributed by atoms with E-state index < -0.39 is 6.10 Å². The molecular formula is C16H16ClN5OS. The second-order valence-corrected chi connectivity index (χ2v) is 6.80. The molecule has 8 heteroatoms. The maximum absolute atomic E-state index is 9.79. The van der Waals surface area contributed by atoms with E-state index in [-0.39, 0.29) is 0 Å². The lowest BCUT2D eigenvalue weighted by Gasteiger charge is -2.04. The number of nitrogens with zero attached hydrogens (tertiary/aromatic N) is 3. The Hall–Kier alpha value is -2.09. The molecule has 24 heavy (non-hydrogen) atoms. The number of nitrogens with two attached hydrogens (primary N) is 1. The first kappa shape index (κ1) is 16.8. The summed E-state index contributed by atoms with van der Waals surface area (Å²) in [6.07, 6.45) is 2.66. The lowest BCUT2D eigenvalue weighted by atomic mass is 10.2. The van der Waals surface area contributed by atoms with Gasteiger partial charge in [0.1, 0.15) is 5.65 Å². The maximum Gasteiger partial charge on any atom is 0.194 e. The van der Waals surface area contributed by atoms with Crippen molar-refractivity contribution in [2.75, 3.05) is 0 Å². The highest BCUT2D eigenvalue weighted by Crippen LogP contribution is 2.34. The summed E-state index contributed by atoms with van der Waals surface area (Å²) in [6, 6.07) is 1.88. The van der Waals surface area contributed by atoms with Crippen LogP contribution < -0.4 is 5.73 Å². The highest BCUT2D eigenvalue weighted by molar-refractivity contribution is 7.99. The first-order valence-corrected chi connectivity index (χ1v) is 8.37. The van der Waals surface area contributed by atoms with Gasteiger partial charge in [0, 0.05) is 28.5 Å². The molecule has 3 heterocycles. The molecule has 3 aromatic rings. The Balaban J connectivity index is 2.02. The Labute approximate surface area is 148 Å². The van der Waals surface area contributed by atoms with Gasteiger partial charge in [-0.15, -0.1) is 0 Å². The molecule has 1 unspecified atom stereocenters. The number of hydrogen-bond donors (Lipinski definition) is 3. The third-order valence-corrected chi connectivity index (χ3v) is 4.71. The average molecular weight is 362 g/mol. The molecule has 6 nitrogen and oxygen atoms in total. The lowest BCUT2D eigenvalue weighted by molar-refractivity contribution is 0.195. The fourth-order valence-corrected chi connectivity index (χ4v) is 3.57. The van der Waals surface area contributed by atoms with Crippen LogP contribution in [-0.2, 0) is 0 Å². The van der Waals surface area contributed by atoms with Crippen molar-refractivity contribution in [1.29, 1.82) is 0 Å². The van der Waals surface area contributed by atoms with Crippen LogP contribution in [0.15, 0.2) is 35.1 Å². The minimum absolute atomic E-state index is 0.454. The van der Waals surface area contributed by atoms with Crippen LogP contribution in [0.2, 0.25) is 5.02 Å². The zero-order valence-corrected chi connectivity index (χ0v) is 14.7. The highest BCUT2D eigenvalue weighted by Gasteiger charge is 2.18. The fourth-order valence-electron chi connectivity index (χ4n) is 2.31. The van der Waals surface area contributed by atoms with Gasteiger partial charge in [-0.1, -0.05) is 18.2 Å². The van der Waals surface area contributed by atoms with Gasteiger partial charge in [-0.3, -0.25) is 4.98 Å². The number of nitrogens with one attached hydrogen (secondary N) is 1.